The number of carbonyl (C=O) groups is 4. The number of aromatic amines is 1. The van der Waals surface area contributed by atoms with Crippen molar-refractivity contribution in [2.45, 2.75) is 38.8 Å². The van der Waals surface area contributed by atoms with Crippen molar-refractivity contribution in [1.29, 1.82) is 0 Å². The van der Waals surface area contributed by atoms with Crippen LogP contribution >= 0.6 is 11.6 Å². The number of benzene rings is 3. The van der Waals surface area contributed by atoms with Crippen molar-refractivity contribution >= 4 is 57.6 Å². The van der Waals surface area contributed by atoms with Crippen LogP contribution in [0.4, 0.5) is 11.4 Å². The molecule has 0 aliphatic heterocycles. The number of anilines is 2. The van der Waals surface area contributed by atoms with Gasteiger partial charge < -0.3 is 25.7 Å². The van der Waals surface area contributed by atoms with Gasteiger partial charge in [-0.3, -0.25) is 14.4 Å². The van der Waals surface area contributed by atoms with E-state index in [4.69, 9.17) is 16.3 Å². The van der Waals surface area contributed by atoms with Crippen LogP contribution < -0.4 is 16.0 Å². The normalized spacial score (nSPS) is 11.9. The molecule has 0 radical (unpaired) electrons. The minimum atomic E-state index is -1.12. The lowest BCUT2D eigenvalue weighted by atomic mass is 10.0. The molecule has 14 heteroatoms. The standard InChI is InChI=1S/C31H29ClN8O5/c1-31(2,3)45-30(44)25-15-19-14-21(10-11-22(19)35-25)34-27(41)24(13-18-7-5-4-6-8-18)37-29(43)28(42)36-23-16-20(32)9-12-26(23)40-17-33-38-39-40/h4-12,14-17,24,35H,13H2,1-3H3,(H,34,41)(H,36,42)(H,37,43)/t24-/m0/s1. The molecule has 0 spiro atoms. The summed E-state index contributed by atoms with van der Waals surface area (Å²) in [6.45, 7) is 5.34. The molecule has 0 unspecified atom stereocenters. The smallest absolute Gasteiger partial charge is 0.355 e. The lowest BCUT2D eigenvalue weighted by Gasteiger charge is -2.19. The van der Waals surface area contributed by atoms with Crippen molar-refractivity contribution in [2.24, 2.45) is 0 Å². The number of esters is 1. The van der Waals surface area contributed by atoms with Crippen LogP contribution in [-0.2, 0) is 25.5 Å². The average Bonchev–Trinajstić information content (AvgIpc) is 3.67. The minimum Gasteiger partial charge on any atom is -0.455 e. The number of H-pyrrole nitrogens is 1. The number of nitrogens with one attached hydrogen (secondary N) is 4. The number of aromatic nitrogens is 5. The summed E-state index contributed by atoms with van der Waals surface area (Å²) >= 11 is 6.12. The second-order valence-corrected chi connectivity index (χ2v) is 11.5. The van der Waals surface area contributed by atoms with Crippen molar-refractivity contribution < 1.29 is 23.9 Å². The van der Waals surface area contributed by atoms with Gasteiger partial charge in [0, 0.05) is 28.0 Å². The molecular weight excluding hydrogens is 600 g/mol. The Labute approximate surface area is 262 Å². The Bertz CT molecular complexity index is 1870. The summed E-state index contributed by atoms with van der Waals surface area (Å²) < 4.78 is 6.73. The number of amides is 3. The molecule has 13 nitrogen and oxygen atoms in total. The van der Waals surface area contributed by atoms with Gasteiger partial charge in [-0.15, -0.1) is 5.10 Å². The molecule has 45 heavy (non-hydrogen) atoms. The fraction of sp³-hybridized carbons (Fsp3) is 0.194. The van der Waals surface area contributed by atoms with Gasteiger partial charge >= 0.3 is 17.8 Å². The maximum Gasteiger partial charge on any atom is 0.355 e. The van der Waals surface area contributed by atoms with Crippen molar-refractivity contribution in [3.63, 3.8) is 0 Å². The summed E-state index contributed by atoms with van der Waals surface area (Å²) in [5, 5.41) is 19.8. The van der Waals surface area contributed by atoms with Crippen LogP contribution in [-0.4, -0.2) is 60.5 Å². The highest BCUT2D eigenvalue weighted by Crippen LogP contribution is 2.24. The molecular formula is C31H29ClN8O5. The zero-order valence-corrected chi connectivity index (χ0v) is 25.3. The van der Waals surface area contributed by atoms with Gasteiger partial charge in [-0.2, -0.15) is 4.68 Å². The Kier molecular flexibility index (Phi) is 8.91. The molecule has 2 heterocycles. The van der Waals surface area contributed by atoms with Gasteiger partial charge in [0.1, 0.15) is 23.7 Å². The van der Waals surface area contributed by atoms with Gasteiger partial charge in [-0.1, -0.05) is 41.9 Å². The van der Waals surface area contributed by atoms with Gasteiger partial charge in [-0.25, -0.2) is 4.79 Å². The molecule has 0 fully saturated rings. The number of fused-ring (bicyclic) bond motifs is 1. The number of halogens is 1. The molecule has 0 bridgehead atoms. The van der Waals surface area contributed by atoms with Crippen LogP contribution in [0.3, 0.4) is 0 Å². The van der Waals surface area contributed by atoms with E-state index in [0.717, 1.165) is 5.56 Å². The Morgan fingerprint density at radius 1 is 0.956 bits per heavy atom. The number of nitrogens with zero attached hydrogens (tertiary/aromatic N) is 4. The summed E-state index contributed by atoms with van der Waals surface area (Å²) in [6, 6.07) is 19.2. The number of hydrogen-bond donors (Lipinski definition) is 4. The minimum absolute atomic E-state index is 0.105. The zero-order chi connectivity index (χ0) is 32.1. The summed E-state index contributed by atoms with van der Waals surface area (Å²) in [5.74, 6) is -3.13. The molecule has 5 rings (SSSR count). The first-order valence-corrected chi connectivity index (χ1v) is 14.2. The topological polar surface area (TPSA) is 173 Å². The largest absolute Gasteiger partial charge is 0.455 e. The van der Waals surface area contributed by atoms with Crippen LogP contribution in [0.2, 0.25) is 5.02 Å². The quantitative estimate of drug-likeness (QED) is 0.147. The highest BCUT2D eigenvalue weighted by atomic mass is 35.5. The third kappa shape index (κ3) is 7.89. The predicted molar refractivity (Wildman–Crippen MR) is 167 cm³/mol. The fourth-order valence-corrected chi connectivity index (χ4v) is 4.60. The molecule has 0 aliphatic rings. The van der Waals surface area contributed by atoms with E-state index in [-0.39, 0.29) is 17.8 Å². The second-order valence-electron chi connectivity index (χ2n) is 11.1. The monoisotopic (exact) mass is 628 g/mol. The SMILES string of the molecule is CC(C)(C)OC(=O)c1cc2cc(NC(=O)[C@H](Cc3ccccc3)NC(=O)C(=O)Nc3cc(Cl)ccc3-n3cnnn3)ccc2[nH]1. The molecule has 2 aromatic heterocycles. The maximum atomic E-state index is 13.5. The average molecular weight is 629 g/mol. The number of hydrogen-bond acceptors (Lipinski definition) is 8. The van der Waals surface area contributed by atoms with Gasteiger partial charge in [0.05, 0.1) is 11.4 Å². The van der Waals surface area contributed by atoms with Gasteiger partial charge in [0.25, 0.3) is 0 Å². The van der Waals surface area contributed by atoms with Crippen molar-refractivity contribution in [3.05, 3.63) is 95.4 Å². The lowest BCUT2D eigenvalue weighted by molar-refractivity contribution is -0.137. The van der Waals surface area contributed by atoms with Crippen LogP contribution in [0, 0.1) is 0 Å². The van der Waals surface area contributed by atoms with Gasteiger partial charge in [-0.05, 0) is 79.2 Å². The summed E-state index contributed by atoms with van der Waals surface area (Å²) in [4.78, 5) is 55.1. The highest BCUT2D eigenvalue weighted by molar-refractivity contribution is 6.40. The summed E-state index contributed by atoms with van der Waals surface area (Å²) in [6.07, 6.45) is 1.43. The first kappa shape index (κ1) is 30.9. The van der Waals surface area contributed by atoms with E-state index < -0.39 is 35.3 Å². The van der Waals surface area contributed by atoms with Crippen LogP contribution in [0.15, 0.2) is 79.1 Å². The Balaban J connectivity index is 1.33. The molecule has 3 aromatic carbocycles. The van der Waals surface area contributed by atoms with Crippen LogP contribution in [0.5, 0.6) is 0 Å². The van der Waals surface area contributed by atoms with E-state index in [0.29, 0.717) is 27.3 Å². The molecule has 3 amide bonds. The lowest BCUT2D eigenvalue weighted by Crippen LogP contribution is -2.49. The van der Waals surface area contributed by atoms with Gasteiger partial charge in [0.15, 0.2) is 0 Å². The maximum absolute atomic E-state index is 13.5. The Morgan fingerprint density at radius 2 is 1.73 bits per heavy atom. The number of tetrazole rings is 1. The third-order valence-corrected chi connectivity index (χ3v) is 6.66. The highest BCUT2D eigenvalue weighted by Gasteiger charge is 2.26. The van der Waals surface area contributed by atoms with Crippen LogP contribution in [0.25, 0.3) is 16.6 Å². The summed E-state index contributed by atoms with van der Waals surface area (Å²) in [7, 11) is 0. The number of carbonyl (C=O) groups excluding carboxylic acids is 4. The van der Waals surface area contributed by atoms with Crippen molar-refractivity contribution in [2.75, 3.05) is 10.6 Å². The van der Waals surface area contributed by atoms with E-state index in [1.165, 1.54) is 17.1 Å². The van der Waals surface area contributed by atoms with Crippen LogP contribution in [0.1, 0.15) is 36.8 Å². The van der Waals surface area contributed by atoms with E-state index in [9.17, 15) is 19.2 Å². The van der Waals surface area contributed by atoms with E-state index in [1.807, 2.05) is 6.07 Å². The number of ether oxygens (including phenoxy) is 1. The third-order valence-electron chi connectivity index (χ3n) is 6.42. The first-order valence-electron chi connectivity index (χ1n) is 13.8. The van der Waals surface area contributed by atoms with E-state index in [1.54, 1.807) is 81.4 Å². The molecule has 4 N–H and O–H groups in total. The molecule has 5 aromatic rings. The Hall–Kier alpha value is -5.56. The van der Waals surface area contributed by atoms with E-state index >= 15 is 0 Å². The molecule has 0 saturated carbocycles. The summed E-state index contributed by atoms with van der Waals surface area (Å²) in [5.41, 5.74) is 2.02. The predicted octanol–water partition coefficient (Wildman–Crippen LogP) is 4.06. The fourth-order valence-electron chi connectivity index (χ4n) is 4.42. The van der Waals surface area contributed by atoms with Crippen molar-refractivity contribution in [1.82, 2.24) is 30.5 Å². The Morgan fingerprint density at radius 3 is 2.44 bits per heavy atom. The first-order chi connectivity index (χ1) is 21.4. The number of rotatable bonds is 8. The molecule has 0 saturated heterocycles. The van der Waals surface area contributed by atoms with E-state index in [2.05, 4.69) is 36.5 Å². The zero-order valence-electron chi connectivity index (χ0n) is 24.5. The molecule has 1 atom stereocenters. The molecule has 230 valence electrons. The van der Waals surface area contributed by atoms with Gasteiger partial charge in [0.2, 0.25) is 5.91 Å². The second kappa shape index (κ2) is 13.0. The molecule has 0 aliphatic carbocycles. The van der Waals surface area contributed by atoms with Crippen molar-refractivity contribution in [3.8, 4) is 5.69 Å².